The molecule has 0 spiro atoms. The van der Waals surface area contributed by atoms with E-state index < -0.39 is 0 Å². The maximum absolute atomic E-state index is 12.1. The first-order valence-electron chi connectivity index (χ1n) is 6.67. The number of aromatic nitrogens is 2. The highest BCUT2D eigenvalue weighted by Crippen LogP contribution is 2.46. The van der Waals surface area contributed by atoms with E-state index in [4.69, 9.17) is 0 Å². The van der Waals surface area contributed by atoms with Gasteiger partial charge in [0.05, 0.1) is 17.4 Å². The fourth-order valence-electron chi connectivity index (χ4n) is 2.07. The zero-order chi connectivity index (χ0) is 14.0. The highest BCUT2D eigenvalue weighted by atomic mass is 79.9. The van der Waals surface area contributed by atoms with Crippen molar-refractivity contribution in [2.75, 3.05) is 11.9 Å². The number of para-hydroxylation sites is 1. The molecule has 3 rings (SSSR count). The Morgan fingerprint density at radius 3 is 2.75 bits per heavy atom. The normalized spacial score (nSPS) is 15.8. The molecule has 1 N–H and O–H groups in total. The molecule has 1 saturated carbocycles. The summed E-state index contributed by atoms with van der Waals surface area (Å²) in [6.45, 7) is 0.730. The van der Waals surface area contributed by atoms with E-state index in [0.29, 0.717) is 5.56 Å². The molecule has 104 valence electrons. The Bertz CT molecular complexity index is 605. The Balaban J connectivity index is 1.66. The van der Waals surface area contributed by atoms with Crippen LogP contribution in [-0.2, 0) is 0 Å². The summed E-state index contributed by atoms with van der Waals surface area (Å²) in [6, 6.07) is 9.76. The highest BCUT2D eigenvalue weighted by molar-refractivity contribution is 9.09. The lowest BCUT2D eigenvalue weighted by atomic mass is 10.1. The van der Waals surface area contributed by atoms with Gasteiger partial charge < -0.3 is 5.32 Å². The van der Waals surface area contributed by atoms with Gasteiger partial charge in [0, 0.05) is 18.1 Å². The van der Waals surface area contributed by atoms with Crippen molar-refractivity contribution in [3.8, 4) is 5.69 Å². The Kier molecular flexibility index (Phi) is 3.61. The van der Waals surface area contributed by atoms with Crippen LogP contribution in [0.1, 0.15) is 23.2 Å². The van der Waals surface area contributed by atoms with Crippen molar-refractivity contribution in [3.05, 3.63) is 48.3 Å². The fourth-order valence-corrected chi connectivity index (χ4v) is 2.83. The van der Waals surface area contributed by atoms with Crippen LogP contribution < -0.4 is 5.32 Å². The van der Waals surface area contributed by atoms with Gasteiger partial charge in [0.15, 0.2) is 0 Å². The van der Waals surface area contributed by atoms with Crippen LogP contribution in [0.15, 0.2) is 42.7 Å². The molecule has 1 aliphatic carbocycles. The Labute approximate surface area is 126 Å². The molecule has 1 amide bonds. The van der Waals surface area contributed by atoms with Gasteiger partial charge >= 0.3 is 0 Å². The van der Waals surface area contributed by atoms with Crippen LogP contribution in [-0.4, -0.2) is 27.6 Å². The van der Waals surface area contributed by atoms with Gasteiger partial charge in [0.1, 0.15) is 0 Å². The van der Waals surface area contributed by atoms with E-state index in [1.807, 2.05) is 30.3 Å². The predicted molar refractivity (Wildman–Crippen MR) is 81.4 cm³/mol. The van der Waals surface area contributed by atoms with Gasteiger partial charge in [-0.2, -0.15) is 5.10 Å². The van der Waals surface area contributed by atoms with Gasteiger partial charge in [-0.3, -0.25) is 4.79 Å². The predicted octanol–water partition coefficient (Wildman–Crippen LogP) is 2.78. The van der Waals surface area contributed by atoms with Gasteiger partial charge in [0.2, 0.25) is 0 Å². The van der Waals surface area contributed by atoms with E-state index in [-0.39, 0.29) is 11.3 Å². The van der Waals surface area contributed by atoms with Crippen LogP contribution in [0, 0.1) is 5.41 Å². The Hall–Kier alpha value is -1.62. The third-order valence-electron chi connectivity index (χ3n) is 3.73. The zero-order valence-electron chi connectivity index (χ0n) is 11.1. The third kappa shape index (κ3) is 2.77. The molecule has 1 aromatic carbocycles. The molecule has 0 unspecified atom stereocenters. The van der Waals surface area contributed by atoms with E-state index in [1.54, 1.807) is 17.1 Å². The molecule has 1 aliphatic rings. The molecule has 4 nitrogen and oxygen atoms in total. The maximum Gasteiger partial charge on any atom is 0.254 e. The number of hydrogen-bond acceptors (Lipinski definition) is 2. The first-order valence-corrected chi connectivity index (χ1v) is 7.79. The molecular formula is C15H16BrN3O. The van der Waals surface area contributed by atoms with E-state index >= 15 is 0 Å². The second-order valence-electron chi connectivity index (χ2n) is 5.33. The second-order valence-corrected chi connectivity index (χ2v) is 5.89. The lowest BCUT2D eigenvalue weighted by Crippen LogP contribution is -2.30. The van der Waals surface area contributed by atoms with Crippen LogP contribution in [0.25, 0.3) is 5.69 Å². The summed E-state index contributed by atoms with van der Waals surface area (Å²) < 4.78 is 1.71. The maximum atomic E-state index is 12.1. The summed E-state index contributed by atoms with van der Waals surface area (Å²) in [5, 5.41) is 8.18. The number of rotatable bonds is 5. The number of alkyl halides is 1. The summed E-state index contributed by atoms with van der Waals surface area (Å²) in [4.78, 5) is 12.1. The minimum Gasteiger partial charge on any atom is -0.351 e. The molecule has 5 heteroatoms. The van der Waals surface area contributed by atoms with Crippen molar-refractivity contribution in [3.63, 3.8) is 0 Å². The van der Waals surface area contributed by atoms with Gasteiger partial charge in [-0.05, 0) is 30.4 Å². The van der Waals surface area contributed by atoms with Crippen molar-refractivity contribution < 1.29 is 4.79 Å². The molecule has 20 heavy (non-hydrogen) atoms. The van der Waals surface area contributed by atoms with Crippen molar-refractivity contribution >= 4 is 21.8 Å². The second kappa shape index (κ2) is 5.40. The summed E-state index contributed by atoms with van der Waals surface area (Å²) in [5.74, 6) is -0.0561. The average molecular weight is 334 g/mol. The molecule has 1 heterocycles. The monoisotopic (exact) mass is 333 g/mol. The van der Waals surface area contributed by atoms with E-state index in [1.165, 1.54) is 12.8 Å². The number of amides is 1. The summed E-state index contributed by atoms with van der Waals surface area (Å²) in [5.41, 5.74) is 1.83. The molecule has 0 radical (unpaired) electrons. The van der Waals surface area contributed by atoms with Gasteiger partial charge in [-0.25, -0.2) is 4.68 Å². The fraction of sp³-hybridized carbons (Fsp3) is 0.333. The first-order chi connectivity index (χ1) is 9.72. The van der Waals surface area contributed by atoms with Crippen molar-refractivity contribution in [1.82, 2.24) is 15.1 Å². The lowest BCUT2D eigenvalue weighted by molar-refractivity contribution is 0.0946. The van der Waals surface area contributed by atoms with Gasteiger partial charge in [-0.1, -0.05) is 34.1 Å². The Morgan fingerprint density at radius 2 is 2.10 bits per heavy atom. The molecule has 1 fully saturated rings. The van der Waals surface area contributed by atoms with Gasteiger partial charge in [-0.15, -0.1) is 0 Å². The third-order valence-corrected chi connectivity index (χ3v) is 4.92. The summed E-state index contributed by atoms with van der Waals surface area (Å²) in [7, 11) is 0. The van der Waals surface area contributed by atoms with Crippen molar-refractivity contribution in [2.45, 2.75) is 12.8 Å². The van der Waals surface area contributed by atoms with Crippen LogP contribution in [0.5, 0.6) is 0 Å². The number of carbonyl (C=O) groups excluding carboxylic acids is 1. The smallest absolute Gasteiger partial charge is 0.254 e. The van der Waals surface area contributed by atoms with Crippen LogP contribution >= 0.6 is 15.9 Å². The first kappa shape index (κ1) is 13.4. The van der Waals surface area contributed by atoms with Crippen LogP contribution in [0.2, 0.25) is 0 Å². The standard InChI is InChI=1S/C15H16BrN3O/c16-10-15(6-7-15)11-17-14(20)12-8-18-19(9-12)13-4-2-1-3-5-13/h1-5,8-9H,6-7,10-11H2,(H,17,20). The SMILES string of the molecule is O=C(NCC1(CBr)CC1)c1cnn(-c2ccccc2)c1. The molecule has 1 aromatic heterocycles. The average Bonchev–Trinajstić information content (AvgIpc) is 3.12. The molecular weight excluding hydrogens is 318 g/mol. The van der Waals surface area contributed by atoms with E-state index in [0.717, 1.165) is 17.6 Å². The molecule has 0 atom stereocenters. The quantitative estimate of drug-likeness (QED) is 0.855. The van der Waals surface area contributed by atoms with E-state index in [9.17, 15) is 4.79 Å². The minimum absolute atomic E-state index is 0.0561. The number of hydrogen-bond donors (Lipinski definition) is 1. The zero-order valence-corrected chi connectivity index (χ0v) is 12.6. The number of benzene rings is 1. The summed E-state index contributed by atoms with van der Waals surface area (Å²) in [6.07, 6.45) is 5.73. The molecule has 2 aromatic rings. The topological polar surface area (TPSA) is 46.9 Å². The van der Waals surface area contributed by atoms with Crippen molar-refractivity contribution in [1.29, 1.82) is 0 Å². The number of nitrogens with zero attached hydrogens (tertiary/aromatic N) is 2. The van der Waals surface area contributed by atoms with Crippen molar-refractivity contribution in [2.24, 2.45) is 5.41 Å². The molecule has 0 bridgehead atoms. The summed E-state index contributed by atoms with van der Waals surface area (Å²) >= 11 is 3.51. The van der Waals surface area contributed by atoms with Gasteiger partial charge in [0.25, 0.3) is 5.91 Å². The van der Waals surface area contributed by atoms with Crippen LogP contribution in [0.3, 0.4) is 0 Å². The number of carbonyl (C=O) groups is 1. The largest absolute Gasteiger partial charge is 0.351 e. The Morgan fingerprint density at radius 1 is 1.35 bits per heavy atom. The highest BCUT2D eigenvalue weighted by Gasteiger charge is 2.41. The van der Waals surface area contributed by atoms with E-state index in [2.05, 4.69) is 26.3 Å². The lowest BCUT2D eigenvalue weighted by Gasteiger charge is -2.11. The number of nitrogens with one attached hydrogen (secondary N) is 1. The number of halogens is 1. The van der Waals surface area contributed by atoms with Crippen LogP contribution in [0.4, 0.5) is 0 Å². The molecule has 0 aliphatic heterocycles. The molecule has 0 saturated heterocycles. The minimum atomic E-state index is -0.0561.